The molecule has 2 rings (SSSR count). The quantitative estimate of drug-likeness (QED) is 0.668. The van der Waals surface area contributed by atoms with E-state index in [-0.39, 0.29) is 5.91 Å². The first-order valence-corrected chi connectivity index (χ1v) is 9.55. The number of methoxy groups -OCH3 is 1. The summed E-state index contributed by atoms with van der Waals surface area (Å²) in [5.74, 6) is 1.42. The van der Waals surface area contributed by atoms with Crippen molar-refractivity contribution in [3.05, 3.63) is 48.0 Å². The summed E-state index contributed by atoms with van der Waals surface area (Å²) in [6.07, 6.45) is 1.06. The van der Waals surface area contributed by atoms with Crippen LogP contribution in [-0.2, 0) is 11.2 Å². The van der Waals surface area contributed by atoms with Crippen molar-refractivity contribution in [2.45, 2.75) is 33.6 Å². The number of nitrogens with one attached hydrogen (secondary N) is 1. The third kappa shape index (κ3) is 5.91. The SMILES string of the molecule is CCOc1ccc(CCC(=O)Nc2ccc(N(CC)CC)cc2)cc1OC. The molecule has 5 heteroatoms. The first kappa shape index (κ1) is 20.6. The van der Waals surface area contributed by atoms with Gasteiger partial charge in [-0.1, -0.05) is 6.07 Å². The van der Waals surface area contributed by atoms with E-state index < -0.39 is 0 Å². The number of amides is 1. The number of hydrogen-bond acceptors (Lipinski definition) is 4. The Balaban J connectivity index is 1.90. The molecule has 0 aliphatic heterocycles. The molecule has 0 atom stereocenters. The van der Waals surface area contributed by atoms with Crippen molar-refractivity contribution < 1.29 is 14.3 Å². The van der Waals surface area contributed by atoms with E-state index in [1.54, 1.807) is 7.11 Å². The van der Waals surface area contributed by atoms with Gasteiger partial charge in [0.15, 0.2) is 11.5 Å². The van der Waals surface area contributed by atoms with Crippen LogP contribution in [0.5, 0.6) is 11.5 Å². The van der Waals surface area contributed by atoms with Crippen molar-refractivity contribution in [3.63, 3.8) is 0 Å². The minimum Gasteiger partial charge on any atom is -0.493 e. The van der Waals surface area contributed by atoms with Crippen LogP contribution in [-0.4, -0.2) is 32.7 Å². The molecule has 1 amide bonds. The molecule has 1 N–H and O–H groups in total. The van der Waals surface area contributed by atoms with Gasteiger partial charge in [-0.05, 0) is 69.2 Å². The molecule has 0 radical (unpaired) electrons. The Morgan fingerprint density at radius 1 is 1.00 bits per heavy atom. The number of carbonyl (C=O) groups excluding carboxylic acids is 1. The van der Waals surface area contributed by atoms with E-state index in [0.717, 1.165) is 30.1 Å². The van der Waals surface area contributed by atoms with E-state index in [2.05, 4.69) is 24.1 Å². The topological polar surface area (TPSA) is 50.8 Å². The molecule has 0 aromatic heterocycles. The molecule has 0 bridgehead atoms. The average molecular weight is 370 g/mol. The van der Waals surface area contributed by atoms with Crippen molar-refractivity contribution in [1.82, 2.24) is 0 Å². The highest BCUT2D eigenvalue weighted by atomic mass is 16.5. The van der Waals surface area contributed by atoms with Crippen LogP contribution in [0, 0.1) is 0 Å². The lowest BCUT2D eigenvalue weighted by Gasteiger charge is -2.21. The van der Waals surface area contributed by atoms with Crippen molar-refractivity contribution in [1.29, 1.82) is 0 Å². The summed E-state index contributed by atoms with van der Waals surface area (Å²) in [6, 6.07) is 13.8. The second kappa shape index (κ2) is 10.5. The molecular formula is C22H30N2O3. The summed E-state index contributed by atoms with van der Waals surface area (Å²) in [7, 11) is 1.62. The molecule has 27 heavy (non-hydrogen) atoms. The predicted octanol–water partition coefficient (Wildman–Crippen LogP) is 4.51. The highest BCUT2D eigenvalue weighted by Crippen LogP contribution is 2.28. The molecule has 0 heterocycles. The van der Waals surface area contributed by atoms with Gasteiger partial charge in [-0.3, -0.25) is 4.79 Å². The summed E-state index contributed by atoms with van der Waals surface area (Å²) >= 11 is 0. The van der Waals surface area contributed by atoms with E-state index in [0.29, 0.717) is 25.2 Å². The minimum atomic E-state index is -0.00144. The number of ether oxygens (including phenoxy) is 2. The zero-order chi connectivity index (χ0) is 19.6. The van der Waals surface area contributed by atoms with Crippen LogP contribution in [0.3, 0.4) is 0 Å². The third-order valence-electron chi connectivity index (χ3n) is 4.45. The molecule has 5 nitrogen and oxygen atoms in total. The lowest BCUT2D eigenvalue weighted by atomic mass is 10.1. The Morgan fingerprint density at radius 3 is 2.30 bits per heavy atom. The van der Waals surface area contributed by atoms with E-state index >= 15 is 0 Å². The normalized spacial score (nSPS) is 10.4. The van der Waals surface area contributed by atoms with Gasteiger partial charge in [0.1, 0.15) is 0 Å². The molecule has 0 saturated heterocycles. The second-order valence-corrected chi connectivity index (χ2v) is 6.19. The molecule has 0 unspecified atom stereocenters. The standard InChI is InChI=1S/C22H30N2O3/c1-5-24(6-2)19-12-10-18(11-13-19)23-22(25)15-9-17-8-14-20(27-7-3)21(16-17)26-4/h8,10-14,16H,5-7,9,15H2,1-4H3,(H,23,25). The van der Waals surface area contributed by atoms with Gasteiger partial charge in [-0.15, -0.1) is 0 Å². The molecule has 0 aliphatic rings. The summed E-state index contributed by atoms with van der Waals surface area (Å²) in [6.45, 7) is 8.73. The maximum absolute atomic E-state index is 12.3. The van der Waals surface area contributed by atoms with Crippen molar-refractivity contribution in [2.24, 2.45) is 0 Å². The second-order valence-electron chi connectivity index (χ2n) is 6.19. The Labute approximate surface area is 162 Å². The molecule has 146 valence electrons. The van der Waals surface area contributed by atoms with Gasteiger partial charge < -0.3 is 19.7 Å². The Morgan fingerprint density at radius 2 is 1.70 bits per heavy atom. The highest BCUT2D eigenvalue weighted by Gasteiger charge is 2.08. The summed E-state index contributed by atoms with van der Waals surface area (Å²) in [4.78, 5) is 14.5. The predicted molar refractivity (Wildman–Crippen MR) is 111 cm³/mol. The molecule has 2 aromatic rings. The number of rotatable bonds is 10. The Hall–Kier alpha value is -2.69. The van der Waals surface area contributed by atoms with Crippen LogP contribution >= 0.6 is 0 Å². The van der Waals surface area contributed by atoms with Crippen molar-refractivity contribution in [3.8, 4) is 11.5 Å². The molecule has 2 aromatic carbocycles. The van der Waals surface area contributed by atoms with Gasteiger partial charge >= 0.3 is 0 Å². The van der Waals surface area contributed by atoms with Crippen LogP contribution in [0.4, 0.5) is 11.4 Å². The van der Waals surface area contributed by atoms with Gasteiger partial charge in [0.2, 0.25) is 5.91 Å². The van der Waals surface area contributed by atoms with Gasteiger partial charge in [0, 0.05) is 30.9 Å². The molecular weight excluding hydrogens is 340 g/mol. The summed E-state index contributed by atoms with van der Waals surface area (Å²) in [5, 5.41) is 2.96. The van der Waals surface area contributed by atoms with Gasteiger partial charge in [-0.2, -0.15) is 0 Å². The zero-order valence-corrected chi connectivity index (χ0v) is 16.7. The van der Waals surface area contributed by atoms with Gasteiger partial charge in [0.05, 0.1) is 13.7 Å². The lowest BCUT2D eigenvalue weighted by Crippen LogP contribution is -2.21. The maximum atomic E-state index is 12.3. The van der Waals surface area contributed by atoms with Crippen molar-refractivity contribution in [2.75, 3.05) is 37.0 Å². The molecule has 0 spiro atoms. The largest absolute Gasteiger partial charge is 0.493 e. The van der Waals surface area contributed by atoms with Crippen LogP contribution in [0.2, 0.25) is 0 Å². The van der Waals surface area contributed by atoms with Crippen LogP contribution in [0.15, 0.2) is 42.5 Å². The van der Waals surface area contributed by atoms with Crippen LogP contribution in [0.1, 0.15) is 32.8 Å². The molecule has 0 saturated carbocycles. The number of carbonyl (C=O) groups is 1. The van der Waals surface area contributed by atoms with E-state index in [4.69, 9.17) is 9.47 Å². The van der Waals surface area contributed by atoms with Crippen LogP contribution < -0.4 is 19.7 Å². The average Bonchev–Trinajstić information content (AvgIpc) is 2.69. The first-order valence-electron chi connectivity index (χ1n) is 9.55. The minimum absolute atomic E-state index is 0.00144. The molecule has 0 aliphatic carbocycles. The Kier molecular flexibility index (Phi) is 7.99. The van der Waals surface area contributed by atoms with E-state index in [1.807, 2.05) is 49.4 Å². The first-order chi connectivity index (χ1) is 13.1. The summed E-state index contributed by atoms with van der Waals surface area (Å²) < 4.78 is 10.9. The smallest absolute Gasteiger partial charge is 0.224 e. The zero-order valence-electron chi connectivity index (χ0n) is 16.7. The van der Waals surface area contributed by atoms with Crippen molar-refractivity contribution >= 4 is 17.3 Å². The number of benzene rings is 2. The fraction of sp³-hybridized carbons (Fsp3) is 0.409. The fourth-order valence-corrected chi connectivity index (χ4v) is 2.97. The Bertz CT molecular complexity index is 725. The fourth-order valence-electron chi connectivity index (χ4n) is 2.97. The highest BCUT2D eigenvalue weighted by molar-refractivity contribution is 5.91. The summed E-state index contributed by atoms with van der Waals surface area (Å²) in [5.41, 5.74) is 3.03. The van der Waals surface area contributed by atoms with E-state index in [9.17, 15) is 4.79 Å². The lowest BCUT2D eigenvalue weighted by molar-refractivity contribution is -0.116. The number of hydrogen-bond donors (Lipinski definition) is 1. The maximum Gasteiger partial charge on any atom is 0.224 e. The van der Waals surface area contributed by atoms with Crippen LogP contribution in [0.25, 0.3) is 0 Å². The number of aryl methyl sites for hydroxylation is 1. The van der Waals surface area contributed by atoms with Gasteiger partial charge in [-0.25, -0.2) is 0 Å². The van der Waals surface area contributed by atoms with E-state index in [1.165, 1.54) is 5.69 Å². The number of anilines is 2. The third-order valence-corrected chi connectivity index (χ3v) is 4.45. The monoisotopic (exact) mass is 370 g/mol. The molecule has 0 fully saturated rings. The van der Waals surface area contributed by atoms with Gasteiger partial charge in [0.25, 0.3) is 0 Å². The number of nitrogens with zero attached hydrogens (tertiary/aromatic N) is 1.